The molecule has 1 rings (SSSR count). The summed E-state index contributed by atoms with van der Waals surface area (Å²) >= 11 is 3.39. The van der Waals surface area contributed by atoms with Crippen molar-refractivity contribution in [1.29, 1.82) is 0 Å². The Morgan fingerprint density at radius 3 is 2.61 bits per heavy atom. The average Bonchev–Trinajstić information content (AvgIpc) is 2.18. The fourth-order valence-corrected chi connectivity index (χ4v) is 1.57. The fourth-order valence-electron chi connectivity index (χ4n) is 1.36. The Hall–Kier alpha value is -1.10. The van der Waals surface area contributed by atoms with Gasteiger partial charge in [-0.3, -0.25) is 4.98 Å². The van der Waals surface area contributed by atoms with Gasteiger partial charge in [-0.25, -0.2) is 4.79 Å². The number of ether oxygens (including phenoxy) is 1. The van der Waals surface area contributed by atoms with Gasteiger partial charge in [0.2, 0.25) is 0 Å². The second kappa shape index (κ2) is 5.69. The smallest absolute Gasteiger partial charge is 0.408 e. The van der Waals surface area contributed by atoms with E-state index in [1.54, 1.807) is 6.20 Å². The summed E-state index contributed by atoms with van der Waals surface area (Å²) in [6.07, 6.45) is 1.30. The van der Waals surface area contributed by atoms with Crippen LogP contribution in [-0.2, 0) is 4.74 Å². The molecule has 4 nitrogen and oxygen atoms in total. The maximum Gasteiger partial charge on any atom is 0.408 e. The first-order valence-electron chi connectivity index (χ1n) is 5.80. The molecule has 0 spiro atoms. The third kappa shape index (κ3) is 4.64. The Kier molecular flexibility index (Phi) is 4.73. The van der Waals surface area contributed by atoms with Crippen molar-refractivity contribution in [3.8, 4) is 0 Å². The van der Waals surface area contributed by atoms with Gasteiger partial charge < -0.3 is 10.1 Å². The highest BCUT2D eigenvalue weighted by atomic mass is 79.9. The SMILES string of the molecule is Cc1cc([C@H](C)NC(=O)OC(C)(C)C)ncc1Br. The Labute approximate surface area is 116 Å². The molecule has 1 amide bonds. The highest BCUT2D eigenvalue weighted by molar-refractivity contribution is 9.10. The summed E-state index contributed by atoms with van der Waals surface area (Å²) in [7, 11) is 0. The summed E-state index contributed by atoms with van der Waals surface area (Å²) in [5.41, 5.74) is 1.40. The minimum Gasteiger partial charge on any atom is -0.444 e. The topological polar surface area (TPSA) is 51.2 Å². The third-order valence-electron chi connectivity index (χ3n) is 2.24. The summed E-state index contributed by atoms with van der Waals surface area (Å²) in [6.45, 7) is 9.35. The number of halogens is 1. The second-order valence-corrected chi connectivity index (χ2v) is 6.08. The largest absolute Gasteiger partial charge is 0.444 e. The van der Waals surface area contributed by atoms with Gasteiger partial charge in [0.25, 0.3) is 0 Å². The van der Waals surface area contributed by atoms with Gasteiger partial charge in [0.15, 0.2) is 0 Å². The molecule has 18 heavy (non-hydrogen) atoms. The lowest BCUT2D eigenvalue weighted by Gasteiger charge is -2.22. The molecule has 0 saturated heterocycles. The van der Waals surface area contributed by atoms with Crippen LogP contribution < -0.4 is 5.32 Å². The molecular formula is C13H19BrN2O2. The zero-order valence-electron chi connectivity index (χ0n) is 11.4. The van der Waals surface area contributed by atoms with E-state index in [9.17, 15) is 4.79 Å². The summed E-state index contributed by atoms with van der Waals surface area (Å²) in [6, 6.07) is 1.75. The van der Waals surface area contributed by atoms with Crippen LogP contribution in [0.15, 0.2) is 16.7 Å². The molecule has 0 aliphatic heterocycles. The number of aromatic nitrogens is 1. The molecule has 1 aromatic heterocycles. The predicted molar refractivity (Wildman–Crippen MR) is 74.5 cm³/mol. The van der Waals surface area contributed by atoms with E-state index in [1.807, 2.05) is 40.7 Å². The second-order valence-electron chi connectivity index (χ2n) is 5.23. The monoisotopic (exact) mass is 314 g/mol. The van der Waals surface area contributed by atoms with Gasteiger partial charge in [0.1, 0.15) is 5.60 Å². The molecule has 1 N–H and O–H groups in total. The fraction of sp³-hybridized carbons (Fsp3) is 0.538. The van der Waals surface area contributed by atoms with Crippen LogP contribution in [0.3, 0.4) is 0 Å². The molecular weight excluding hydrogens is 296 g/mol. The van der Waals surface area contributed by atoms with Gasteiger partial charge in [-0.1, -0.05) is 0 Å². The molecule has 1 heterocycles. The van der Waals surface area contributed by atoms with Crippen molar-refractivity contribution in [3.05, 3.63) is 28.0 Å². The summed E-state index contributed by atoms with van der Waals surface area (Å²) in [4.78, 5) is 15.9. The lowest BCUT2D eigenvalue weighted by molar-refractivity contribution is 0.0507. The number of rotatable bonds is 2. The van der Waals surface area contributed by atoms with Crippen molar-refractivity contribution in [1.82, 2.24) is 10.3 Å². The predicted octanol–water partition coefficient (Wildman–Crippen LogP) is 3.74. The van der Waals surface area contributed by atoms with Crippen molar-refractivity contribution in [2.45, 2.75) is 46.3 Å². The standard InChI is InChI=1S/C13H19BrN2O2/c1-8-6-11(15-7-10(8)14)9(2)16-12(17)18-13(3,4)5/h6-7,9H,1-5H3,(H,16,17)/t9-/m0/s1. The van der Waals surface area contributed by atoms with E-state index in [0.717, 1.165) is 15.7 Å². The first kappa shape index (κ1) is 15.0. The van der Waals surface area contributed by atoms with Crippen molar-refractivity contribution >= 4 is 22.0 Å². The van der Waals surface area contributed by atoms with Crippen molar-refractivity contribution < 1.29 is 9.53 Å². The van der Waals surface area contributed by atoms with Gasteiger partial charge in [-0.05, 0) is 62.2 Å². The highest BCUT2D eigenvalue weighted by Crippen LogP contribution is 2.19. The maximum atomic E-state index is 11.6. The van der Waals surface area contributed by atoms with E-state index in [4.69, 9.17) is 4.74 Å². The molecule has 0 radical (unpaired) electrons. The van der Waals surface area contributed by atoms with Gasteiger partial charge in [0, 0.05) is 10.7 Å². The van der Waals surface area contributed by atoms with Crippen LogP contribution in [0.25, 0.3) is 0 Å². The number of aryl methyl sites for hydroxylation is 1. The third-order valence-corrected chi connectivity index (χ3v) is 3.08. The molecule has 0 aliphatic carbocycles. The molecule has 5 heteroatoms. The minimum absolute atomic E-state index is 0.188. The summed E-state index contributed by atoms with van der Waals surface area (Å²) in [5.74, 6) is 0. The number of alkyl carbamates (subject to hydrolysis) is 1. The van der Waals surface area contributed by atoms with Crippen LogP contribution in [0.4, 0.5) is 4.79 Å². The summed E-state index contributed by atoms with van der Waals surface area (Å²) < 4.78 is 6.15. The molecule has 0 bridgehead atoms. The number of nitrogens with one attached hydrogen (secondary N) is 1. The molecule has 0 aliphatic rings. The average molecular weight is 315 g/mol. The maximum absolute atomic E-state index is 11.6. The van der Waals surface area contributed by atoms with Gasteiger partial charge in [-0.2, -0.15) is 0 Å². The van der Waals surface area contributed by atoms with E-state index in [2.05, 4.69) is 26.2 Å². The number of nitrogens with zero attached hydrogens (tertiary/aromatic N) is 1. The van der Waals surface area contributed by atoms with Crippen LogP contribution in [-0.4, -0.2) is 16.7 Å². The van der Waals surface area contributed by atoms with Crippen molar-refractivity contribution in [2.75, 3.05) is 0 Å². The first-order chi connectivity index (χ1) is 8.19. The lowest BCUT2D eigenvalue weighted by atomic mass is 10.1. The molecule has 0 aromatic carbocycles. The van der Waals surface area contributed by atoms with Crippen LogP contribution in [0.5, 0.6) is 0 Å². The number of amides is 1. The van der Waals surface area contributed by atoms with Gasteiger partial charge in [-0.15, -0.1) is 0 Å². The van der Waals surface area contributed by atoms with E-state index < -0.39 is 11.7 Å². The molecule has 1 aromatic rings. The van der Waals surface area contributed by atoms with E-state index >= 15 is 0 Å². The zero-order valence-corrected chi connectivity index (χ0v) is 13.0. The Balaban J connectivity index is 2.68. The van der Waals surface area contributed by atoms with Crippen molar-refractivity contribution in [3.63, 3.8) is 0 Å². The molecule has 0 fully saturated rings. The molecule has 0 unspecified atom stereocenters. The number of carbonyl (C=O) groups is 1. The van der Waals surface area contributed by atoms with Crippen LogP contribution in [0.1, 0.15) is 45.0 Å². The van der Waals surface area contributed by atoms with Gasteiger partial charge in [0.05, 0.1) is 11.7 Å². The van der Waals surface area contributed by atoms with Crippen LogP contribution in [0, 0.1) is 6.92 Å². The summed E-state index contributed by atoms with van der Waals surface area (Å²) in [5, 5.41) is 2.76. The highest BCUT2D eigenvalue weighted by Gasteiger charge is 2.18. The number of carbonyl (C=O) groups excluding carboxylic acids is 1. The lowest BCUT2D eigenvalue weighted by Crippen LogP contribution is -2.34. The Morgan fingerprint density at radius 1 is 1.50 bits per heavy atom. The van der Waals surface area contributed by atoms with E-state index in [1.165, 1.54) is 0 Å². The van der Waals surface area contributed by atoms with Crippen LogP contribution >= 0.6 is 15.9 Å². The molecule has 1 atom stereocenters. The number of pyridine rings is 1. The molecule has 100 valence electrons. The Bertz CT molecular complexity index is 441. The van der Waals surface area contributed by atoms with E-state index in [-0.39, 0.29) is 6.04 Å². The van der Waals surface area contributed by atoms with Crippen LogP contribution in [0.2, 0.25) is 0 Å². The Morgan fingerprint density at radius 2 is 2.11 bits per heavy atom. The minimum atomic E-state index is -0.493. The number of hydrogen-bond donors (Lipinski definition) is 1. The quantitative estimate of drug-likeness (QED) is 0.904. The van der Waals surface area contributed by atoms with E-state index in [0.29, 0.717) is 0 Å². The zero-order chi connectivity index (χ0) is 13.9. The number of hydrogen-bond acceptors (Lipinski definition) is 3. The normalized spacial score (nSPS) is 13.0. The first-order valence-corrected chi connectivity index (χ1v) is 6.60. The van der Waals surface area contributed by atoms with Crippen molar-refractivity contribution in [2.24, 2.45) is 0 Å². The molecule has 0 saturated carbocycles. The van der Waals surface area contributed by atoms with Gasteiger partial charge >= 0.3 is 6.09 Å².